The zero-order chi connectivity index (χ0) is 9.26. The number of nitrogens with one attached hydrogen (secondary N) is 1. The van der Waals surface area contributed by atoms with Gasteiger partial charge in [0.1, 0.15) is 0 Å². The summed E-state index contributed by atoms with van der Waals surface area (Å²) in [5.41, 5.74) is 0. The summed E-state index contributed by atoms with van der Waals surface area (Å²) in [4.78, 5) is 0. The maximum atomic E-state index is 5.45. The summed E-state index contributed by atoms with van der Waals surface area (Å²) >= 11 is 0. The van der Waals surface area contributed by atoms with E-state index in [-0.39, 0.29) is 0 Å². The lowest BCUT2D eigenvalue weighted by Crippen LogP contribution is -2.48. The SMILES string of the molecule is CC1CNC(C2CCOC2)C(C)C1. The van der Waals surface area contributed by atoms with Gasteiger partial charge in [0.2, 0.25) is 0 Å². The van der Waals surface area contributed by atoms with Crippen LogP contribution < -0.4 is 5.32 Å². The van der Waals surface area contributed by atoms with Crippen LogP contribution in [0, 0.1) is 17.8 Å². The van der Waals surface area contributed by atoms with Crippen LogP contribution in [0.1, 0.15) is 26.7 Å². The lowest BCUT2D eigenvalue weighted by atomic mass is 9.80. The number of piperidine rings is 1. The van der Waals surface area contributed by atoms with E-state index in [1.165, 1.54) is 19.4 Å². The molecule has 0 aromatic rings. The molecule has 2 nitrogen and oxygen atoms in total. The fraction of sp³-hybridized carbons (Fsp3) is 1.00. The van der Waals surface area contributed by atoms with Gasteiger partial charge in [-0.05, 0) is 31.2 Å². The Morgan fingerprint density at radius 2 is 2.15 bits per heavy atom. The van der Waals surface area contributed by atoms with Crippen LogP contribution in [0.15, 0.2) is 0 Å². The number of hydrogen-bond donors (Lipinski definition) is 1. The predicted molar refractivity (Wildman–Crippen MR) is 53.7 cm³/mol. The fourth-order valence-corrected chi connectivity index (χ4v) is 2.87. The molecule has 2 rings (SSSR count). The monoisotopic (exact) mass is 183 g/mol. The molecule has 0 aromatic carbocycles. The van der Waals surface area contributed by atoms with Crippen molar-refractivity contribution in [2.45, 2.75) is 32.7 Å². The Balaban J connectivity index is 1.91. The highest BCUT2D eigenvalue weighted by Crippen LogP contribution is 2.28. The van der Waals surface area contributed by atoms with E-state index in [4.69, 9.17) is 4.74 Å². The summed E-state index contributed by atoms with van der Waals surface area (Å²) in [6.45, 7) is 7.88. The van der Waals surface area contributed by atoms with Gasteiger partial charge >= 0.3 is 0 Å². The molecule has 0 spiro atoms. The van der Waals surface area contributed by atoms with Gasteiger partial charge in [0.15, 0.2) is 0 Å². The van der Waals surface area contributed by atoms with Gasteiger partial charge in [-0.2, -0.15) is 0 Å². The molecule has 2 fully saturated rings. The quantitative estimate of drug-likeness (QED) is 0.667. The van der Waals surface area contributed by atoms with E-state index in [1.54, 1.807) is 0 Å². The Kier molecular flexibility index (Phi) is 2.89. The standard InChI is InChI=1S/C11H21NO/c1-8-5-9(2)11(12-6-8)10-3-4-13-7-10/h8-12H,3-7H2,1-2H3. The normalized spacial score (nSPS) is 46.6. The molecule has 76 valence electrons. The molecule has 2 saturated heterocycles. The van der Waals surface area contributed by atoms with E-state index < -0.39 is 0 Å². The molecule has 0 aromatic heterocycles. The first kappa shape index (κ1) is 9.47. The molecule has 2 aliphatic rings. The summed E-state index contributed by atoms with van der Waals surface area (Å²) in [6.07, 6.45) is 2.64. The van der Waals surface area contributed by atoms with Crippen molar-refractivity contribution in [3.05, 3.63) is 0 Å². The molecule has 0 aliphatic carbocycles. The van der Waals surface area contributed by atoms with Gasteiger partial charge in [-0.25, -0.2) is 0 Å². The molecule has 4 unspecified atom stereocenters. The molecular formula is C11H21NO. The molecule has 2 heteroatoms. The summed E-state index contributed by atoms with van der Waals surface area (Å²) in [7, 11) is 0. The van der Waals surface area contributed by atoms with Crippen molar-refractivity contribution in [3.63, 3.8) is 0 Å². The van der Waals surface area contributed by atoms with E-state index in [1.807, 2.05) is 0 Å². The summed E-state index contributed by atoms with van der Waals surface area (Å²) in [5.74, 6) is 2.46. The second-order valence-corrected chi connectivity index (χ2v) is 4.88. The zero-order valence-corrected chi connectivity index (χ0v) is 8.75. The van der Waals surface area contributed by atoms with Crippen LogP contribution in [0.5, 0.6) is 0 Å². The van der Waals surface area contributed by atoms with Gasteiger partial charge < -0.3 is 10.1 Å². The van der Waals surface area contributed by atoms with E-state index in [2.05, 4.69) is 19.2 Å². The van der Waals surface area contributed by atoms with Crippen LogP contribution >= 0.6 is 0 Å². The van der Waals surface area contributed by atoms with Crippen molar-refractivity contribution >= 4 is 0 Å². The van der Waals surface area contributed by atoms with Crippen LogP contribution in [0.3, 0.4) is 0 Å². The van der Waals surface area contributed by atoms with Gasteiger partial charge in [0.05, 0.1) is 6.61 Å². The van der Waals surface area contributed by atoms with Crippen LogP contribution in [-0.4, -0.2) is 25.8 Å². The lowest BCUT2D eigenvalue weighted by Gasteiger charge is -2.37. The molecule has 0 amide bonds. The minimum absolute atomic E-state index is 0.721. The van der Waals surface area contributed by atoms with Crippen molar-refractivity contribution in [1.29, 1.82) is 0 Å². The Labute approximate surface area is 81.0 Å². The highest BCUT2D eigenvalue weighted by molar-refractivity contribution is 4.88. The summed E-state index contributed by atoms with van der Waals surface area (Å²) in [6, 6.07) is 0.721. The molecule has 13 heavy (non-hydrogen) atoms. The van der Waals surface area contributed by atoms with E-state index >= 15 is 0 Å². The minimum Gasteiger partial charge on any atom is -0.381 e. The molecule has 4 atom stereocenters. The molecule has 1 N–H and O–H groups in total. The van der Waals surface area contributed by atoms with Gasteiger partial charge in [-0.15, -0.1) is 0 Å². The third kappa shape index (κ3) is 2.05. The zero-order valence-electron chi connectivity index (χ0n) is 8.75. The smallest absolute Gasteiger partial charge is 0.0510 e. The summed E-state index contributed by atoms with van der Waals surface area (Å²) in [5, 5.41) is 3.68. The average Bonchev–Trinajstić information content (AvgIpc) is 2.56. The Morgan fingerprint density at radius 1 is 1.31 bits per heavy atom. The first-order chi connectivity index (χ1) is 6.27. The number of rotatable bonds is 1. The molecule has 0 saturated carbocycles. The molecule has 0 bridgehead atoms. The maximum Gasteiger partial charge on any atom is 0.0510 e. The highest BCUT2D eigenvalue weighted by Gasteiger charge is 2.33. The number of ether oxygens (including phenoxy) is 1. The van der Waals surface area contributed by atoms with Crippen molar-refractivity contribution < 1.29 is 4.74 Å². The van der Waals surface area contributed by atoms with E-state index in [0.29, 0.717) is 0 Å². The van der Waals surface area contributed by atoms with Gasteiger partial charge in [-0.1, -0.05) is 13.8 Å². The molecule has 2 heterocycles. The summed E-state index contributed by atoms with van der Waals surface area (Å²) < 4.78 is 5.45. The lowest BCUT2D eigenvalue weighted by molar-refractivity contribution is 0.145. The minimum atomic E-state index is 0.721. The van der Waals surface area contributed by atoms with Crippen molar-refractivity contribution in [3.8, 4) is 0 Å². The fourth-order valence-electron chi connectivity index (χ4n) is 2.87. The van der Waals surface area contributed by atoms with E-state index in [0.717, 1.165) is 37.0 Å². The van der Waals surface area contributed by atoms with Crippen molar-refractivity contribution in [1.82, 2.24) is 5.32 Å². The molecular weight excluding hydrogens is 162 g/mol. The maximum absolute atomic E-state index is 5.45. The van der Waals surface area contributed by atoms with Crippen LogP contribution in [0.4, 0.5) is 0 Å². The predicted octanol–water partition coefficient (Wildman–Crippen LogP) is 1.66. The first-order valence-corrected chi connectivity index (χ1v) is 5.58. The van der Waals surface area contributed by atoms with E-state index in [9.17, 15) is 0 Å². The van der Waals surface area contributed by atoms with Gasteiger partial charge in [-0.3, -0.25) is 0 Å². The second-order valence-electron chi connectivity index (χ2n) is 4.88. The van der Waals surface area contributed by atoms with Crippen molar-refractivity contribution in [2.75, 3.05) is 19.8 Å². The Bertz CT molecular complexity index is 165. The van der Waals surface area contributed by atoms with Crippen molar-refractivity contribution in [2.24, 2.45) is 17.8 Å². The average molecular weight is 183 g/mol. The molecule has 0 radical (unpaired) electrons. The number of hydrogen-bond acceptors (Lipinski definition) is 2. The third-order valence-electron chi connectivity index (χ3n) is 3.56. The Hall–Kier alpha value is -0.0800. The first-order valence-electron chi connectivity index (χ1n) is 5.58. The van der Waals surface area contributed by atoms with Crippen LogP contribution in [-0.2, 0) is 4.74 Å². The Morgan fingerprint density at radius 3 is 2.77 bits per heavy atom. The van der Waals surface area contributed by atoms with Gasteiger partial charge in [0.25, 0.3) is 0 Å². The topological polar surface area (TPSA) is 21.3 Å². The van der Waals surface area contributed by atoms with Gasteiger partial charge in [0, 0.05) is 18.6 Å². The molecule has 2 aliphatic heterocycles. The highest BCUT2D eigenvalue weighted by atomic mass is 16.5. The van der Waals surface area contributed by atoms with Crippen LogP contribution in [0.2, 0.25) is 0 Å². The second kappa shape index (κ2) is 3.97. The van der Waals surface area contributed by atoms with Crippen LogP contribution in [0.25, 0.3) is 0 Å². The third-order valence-corrected chi connectivity index (χ3v) is 3.56. The largest absolute Gasteiger partial charge is 0.381 e.